The number of hydrogen-bond donors (Lipinski definition) is 1. The first-order valence-electron chi connectivity index (χ1n) is 5.09. The summed E-state index contributed by atoms with van der Waals surface area (Å²) in [6.45, 7) is 6.27. The van der Waals surface area contributed by atoms with Gasteiger partial charge in [-0.15, -0.1) is 10.2 Å². The molecule has 0 radical (unpaired) electrons. The van der Waals surface area contributed by atoms with E-state index in [4.69, 9.17) is 0 Å². The highest BCUT2D eigenvalue weighted by Crippen LogP contribution is 2.16. The van der Waals surface area contributed by atoms with Crippen LogP contribution in [0.2, 0.25) is 0 Å². The highest BCUT2D eigenvalue weighted by atomic mass is 15.5. The molecule has 0 atom stereocenters. The molecule has 4 nitrogen and oxygen atoms in total. The van der Waals surface area contributed by atoms with Crippen molar-refractivity contribution >= 4 is 0 Å². The summed E-state index contributed by atoms with van der Waals surface area (Å²) in [6, 6.07) is 7.93. The number of rotatable bonds is 1. The summed E-state index contributed by atoms with van der Waals surface area (Å²) in [4.78, 5) is 0. The maximum Gasteiger partial charge on any atom is 0.204 e. The molecule has 4 heteroatoms. The lowest BCUT2D eigenvalue weighted by atomic mass is 10.1. The molecule has 1 aromatic heterocycles. The van der Waals surface area contributed by atoms with E-state index in [0.29, 0.717) is 5.82 Å². The lowest BCUT2D eigenvalue weighted by molar-refractivity contribution is 0.881. The molecule has 0 bridgehead atoms. The van der Waals surface area contributed by atoms with E-state index < -0.39 is 0 Å². The maximum atomic E-state index is 3.90. The van der Waals surface area contributed by atoms with Crippen LogP contribution in [0.3, 0.4) is 0 Å². The van der Waals surface area contributed by atoms with Crippen LogP contribution in [-0.2, 0) is 0 Å². The number of nitrogens with one attached hydrogen (secondary N) is 1. The predicted octanol–water partition coefficient (Wildman–Crippen LogP) is 2.59. The van der Waals surface area contributed by atoms with Gasteiger partial charge in [0.15, 0.2) is 0 Å². The van der Waals surface area contributed by atoms with Crippen molar-refractivity contribution in [3.05, 3.63) is 29.8 Å². The molecular formula is C11H16N4. The van der Waals surface area contributed by atoms with Crippen LogP contribution in [-0.4, -0.2) is 20.6 Å². The van der Waals surface area contributed by atoms with Crippen molar-refractivity contribution < 1.29 is 0 Å². The lowest BCUT2D eigenvalue weighted by Crippen LogP contribution is -1.84. The van der Waals surface area contributed by atoms with Gasteiger partial charge >= 0.3 is 0 Å². The summed E-state index contributed by atoms with van der Waals surface area (Å²) in [6.07, 6.45) is 1.25. The number of aryl methyl sites for hydroxylation is 1. The van der Waals surface area contributed by atoms with Crippen LogP contribution in [0.15, 0.2) is 24.3 Å². The van der Waals surface area contributed by atoms with Crippen molar-refractivity contribution in [2.24, 2.45) is 0 Å². The Kier molecular flexibility index (Phi) is 4.47. The van der Waals surface area contributed by atoms with E-state index in [9.17, 15) is 0 Å². The fourth-order valence-corrected chi connectivity index (χ4v) is 1.10. The third-order valence-electron chi connectivity index (χ3n) is 1.73. The standard InChI is InChI=1S/C8H8N4.C3H8/c1-6-4-2-3-5-7(6)8-9-11-12-10-8;1-3-2/h2-5H,1H3,(H,9,10,11,12);3H2,1-2H3. The smallest absolute Gasteiger partial charge is 0.177 e. The minimum atomic E-state index is 0.646. The van der Waals surface area contributed by atoms with Gasteiger partial charge in [-0.2, -0.15) is 5.21 Å². The lowest BCUT2D eigenvalue weighted by Gasteiger charge is -1.97. The van der Waals surface area contributed by atoms with E-state index in [2.05, 4.69) is 34.5 Å². The first-order chi connectivity index (χ1) is 7.29. The van der Waals surface area contributed by atoms with E-state index >= 15 is 0 Å². The summed E-state index contributed by atoms with van der Waals surface area (Å²) in [5, 5.41) is 13.7. The highest BCUT2D eigenvalue weighted by Gasteiger charge is 2.03. The fourth-order valence-electron chi connectivity index (χ4n) is 1.10. The Morgan fingerprint density at radius 1 is 1.20 bits per heavy atom. The Hall–Kier alpha value is -1.71. The van der Waals surface area contributed by atoms with E-state index in [1.54, 1.807) is 0 Å². The molecule has 0 aliphatic carbocycles. The van der Waals surface area contributed by atoms with E-state index in [1.165, 1.54) is 6.42 Å². The van der Waals surface area contributed by atoms with Crippen LogP contribution in [0.1, 0.15) is 25.8 Å². The minimum Gasteiger partial charge on any atom is -0.177 e. The summed E-state index contributed by atoms with van der Waals surface area (Å²) >= 11 is 0. The molecule has 15 heavy (non-hydrogen) atoms. The largest absolute Gasteiger partial charge is 0.204 e. The number of benzene rings is 1. The number of hydrogen-bond acceptors (Lipinski definition) is 3. The van der Waals surface area contributed by atoms with E-state index in [1.807, 2.05) is 31.2 Å². The Balaban J connectivity index is 0.000000337. The number of aromatic amines is 1. The van der Waals surface area contributed by atoms with Gasteiger partial charge in [-0.05, 0) is 17.7 Å². The van der Waals surface area contributed by atoms with Crippen LogP contribution in [0.5, 0.6) is 0 Å². The van der Waals surface area contributed by atoms with Gasteiger partial charge in [0, 0.05) is 5.56 Å². The Morgan fingerprint density at radius 3 is 2.40 bits per heavy atom. The quantitative estimate of drug-likeness (QED) is 0.776. The van der Waals surface area contributed by atoms with Crippen molar-refractivity contribution in [1.82, 2.24) is 20.6 Å². The van der Waals surface area contributed by atoms with Crippen molar-refractivity contribution in [2.45, 2.75) is 27.2 Å². The van der Waals surface area contributed by atoms with Gasteiger partial charge in [0.2, 0.25) is 5.82 Å². The molecule has 0 saturated carbocycles. The van der Waals surface area contributed by atoms with Crippen LogP contribution in [0, 0.1) is 6.92 Å². The Morgan fingerprint density at radius 2 is 1.87 bits per heavy atom. The average Bonchev–Trinajstić information content (AvgIpc) is 2.72. The fraction of sp³-hybridized carbons (Fsp3) is 0.364. The molecule has 0 aliphatic rings. The third-order valence-corrected chi connectivity index (χ3v) is 1.73. The monoisotopic (exact) mass is 204 g/mol. The molecule has 0 spiro atoms. The molecule has 0 aliphatic heterocycles. The number of nitrogens with zero attached hydrogens (tertiary/aromatic N) is 3. The van der Waals surface area contributed by atoms with Crippen molar-refractivity contribution in [3.63, 3.8) is 0 Å². The van der Waals surface area contributed by atoms with E-state index in [-0.39, 0.29) is 0 Å². The van der Waals surface area contributed by atoms with Crippen molar-refractivity contribution in [3.8, 4) is 11.4 Å². The van der Waals surface area contributed by atoms with Crippen LogP contribution in [0.4, 0.5) is 0 Å². The first kappa shape index (κ1) is 11.4. The molecule has 1 N–H and O–H groups in total. The maximum absolute atomic E-state index is 3.90. The third kappa shape index (κ3) is 3.16. The molecule has 0 unspecified atom stereocenters. The summed E-state index contributed by atoms with van der Waals surface area (Å²) in [5.74, 6) is 0.646. The molecule has 80 valence electrons. The molecule has 0 saturated heterocycles. The zero-order valence-electron chi connectivity index (χ0n) is 9.36. The summed E-state index contributed by atoms with van der Waals surface area (Å²) in [7, 11) is 0. The molecule has 0 fully saturated rings. The van der Waals surface area contributed by atoms with Gasteiger partial charge in [-0.25, -0.2) is 0 Å². The molecule has 1 heterocycles. The summed E-state index contributed by atoms with van der Waals surface area (Å²) in [5.41, 5.74) is 2.17. The Labute approximate surface area is 89.7 Å². The zero-order chi connectivity index (χ0) is 11.1. The van der Waals surface area contributed by atoms with Gasteiger partial charge in [0.1, 0.15) is 0 Å². The molecule has 0 amide bonds. The van der Waals surface area contributed by atoms with Crippen LogP contribution >= 0.6 is 0 Å². The van der Waals surface area contributed by atoms with Crippen molar-refractivity contribution in [2.75, 3.05) is 0 Å². The second-order valence-electron chi connectivity index (χ2n) is 3.26. The normalized spacial score (nSPS) is 9.27. The first-order valence-corrected chi connectivity index (χ1v) is 5.09. The molecule has 1 aromatic carbocycles. The Bertz CT molecular complexity index is 381. The van der Waals surface area contributed by atoms with Gasteiger partial charge < -0.3 is 0 Å². The van der Waals surface area contributed by atoms with Crippen LogP contribution in [0.25, 0.3) is 11.4 Å². The second kappa shape index (κ2) is 5.90. The molecule has 2 rings (SSSR count). The van der Waals surface area contributed by atoms with E-state index in [0.717, 1.165) is 11.1 Å². The average molecular weight is 204 g/mol. The molecule has 2 aromatic rings. The van der Waals surface area contributed by atoms with Gasteiger partial charge in [0.25, 0.3) is 0 Å². The second-order valence-corrected chi connectivity index (χ2v) is 3.26. The van der Waals surface area contributed by atoms with Gasteiger partial charge in [-0.3, -0.25) is 0 Å². The highest BCUT2D eigenvalue weighted by molar-refractivity contribution is 5.58. The zero-order valence-corrected chi connectivity index (χ0v) is 9.36. The minimum absolute atomic E-state index is 0.646. The number of tetrazole rings is 1. The van der Waals surface area contributed by atoms with Gasteiger partial charge in [0.05, 0.1) is 0 Å². The topological polar surface area (TPSA) is 54.5 Å². The van der Waals surface area contributed by atoms with Gasteiger partial charge in [-0.1, -0.05) is 44.5 Å². The molecular weight excluding hydrogens is 188 g/mol. The number of H-pyrrole nitrogens is 1. The summed E-state index contributed by atoms with van der Waals surface area (Å²) < 4.78 is 0. The predicted molar refractivity (Wildman–Crippen MR) is 60.3 cm³/mol. The number of aromatic nitrogens is 4. The van der Waals surface area contributed by atoms with Crippen molar-refractivity contribution in [1.29, 1.82) is 0 Å². The van der Waals surface area contributed by atoms with Crippen LogP contribution < -0.4 is 0 Å². The SMILES string of the molecule is CCC.Cc1ccccc1-c1nn[nH]n1.